The van der Waals surface area contributed by atoms with E-state index in [-0.39, 0.29) is 16.4 Å². The van der Waals surface area contributed by atoms with Gasteiger partial charge in [-0.05, 0) is 65.9 Å². The van der Waals surface area contributed by atoms with E-state index < -0.39 is 0 Å². The molecule has 164 valence electrons. The molecule has 0 radical (unpaired) electrons. The Bertz CT molecular complexity index is 1270. The van der Waals surface area contributed by atoms with E-state index in [9.17, 15) is 10.1 Å². The number of fused-ring (bicyclic) bond motifs is 2. The van der Waals surface area contributed by atoms with Gasteiger partial charge in [-0.15, -0.1) is 11.3 Å². The number of hydrogen-bond acceptors (Lipinski definition) is 4. The molecule has 0 fully saturated rings. The number of carbonyl (C=O) groups excluding carboxylic acids is 1. The third-order valence-corrected chi connectivity index (χ3v) is 7.87. The standard InChI is InChI=1S/C25H24ClN3OS2/c1-25(2,3)14-10-11-17-19(13-27)23(32-21(17)12-14)29-24(31)28-22(30)18-8-4-7-16-15(18)6-5-9-20(16)26/h4-9,14H,10-12H2,1-3H3,(H2,28,29,30,31). The van der Waals surface area contributed by atoms with Crippen LogP contribution in [0, 0.1) is 22.7 Å². The number of anilines is 1. The zero-order chi connectivity index (χ0) is 23.0. The number of nitrogens with zero attached hydrogens (tertiary/aromatic N) is 1. The SMILES string of the molecule is CC(C)(C)C1CCc2c(sc(NC(=S)NC(=O)c3cccc4c(Cl)cccc34)c2C#N)C1. The van der Waals surface area contributed by atoms with Crippen LogP contribution in [0.4, 0.5) is 5.00 Å². The Labute approximate surface area is 202 Å². The molecular formula is C25H24ClN3OS2. The number of rotatable bonds is 2. The van der Waals surface area contributed by atoms with Gasteiger partial charge in [-0.1, -0.05) is 56.6 Å². The average Bonchev–Trinajstić information content (AvgIpc) is 3.08. The summed E-state index contributed by atoms with van der Waals surface area (Å²) in [7, 11) is 0. The maximum absolute atomic E-state index is 12.9. The number of benzene rings is 2. The monoisotopic (exact) mass is 481 g/mol. The van der Waals surface area contributed by atoms with E-state index in [4.69, 9.17) is 23.8 Å². The molecule has 1 amide bonds. The van der Waals surface area contributed by atoms with E-state index in [2.05, 4.69) is 37.5 Å². The van der Waals surface area contributed by atoms with Gasteiger partial charge in [0.15, 0.2) is 5.11 Å². The molecule has 1 aliphatic carbocycles. The second-order valence-corrected chi connectivity index (χ2v) is 11.1. The van der Waals surface area contributed by atoms with Crippen molar-refractivity contribution < 1.29 is 4.79 Å². The lowest BCUT2D eigenvalue weighted by atomic mass is 9.72. The van der Waals surface area contributed by atoms with Crippen molar-refractivity contribution in [2.24, 2.45) is 11.3 Å². The van der Waals surface area contributed by atoms with Gasteiger partial charge in [0, 0.05) is 20.8 Å². The molecule has 0 aliphatic heterocycles. The normalized spacial score (nSPS) is 15.7. The van der Waals surface area contributed by atoms with Crippen LogP contribution in [-0.2, 0) is 12.8 Å². The maximum atomic E-state index is 12.9. The lowest BCUT2D eigenvalue weighted by molar-refractivity contribution is 0.0979. The Kier molecular flexibility index (Phi) is 6.26. The minimum absolute atomic E-state index is 0.177. The molecule has 1 atom stereocenters. The highest BCUT2D eigenvalue weighted by Crippen LogP contribution is 2.44. The first-order valence-electron chi connectivity index (χ1n) is 10.5. The van der Waals surface area contributed by atoms with Gasteiger partial charge in [-0.25, -0.2) is 0 Å². The first-order chi connectivity index (χ1) is 15.2. The Balaban J connectivity index is 1.53. The molecule has 0 bridgehead atoms. The molecule has 1 aromatic heterocycles. The van der Waals surface area contributed by atoms with Crippen molar-refractivity contribution in [3.8, 4) is 6.07 Å². The fourth-order valence-electron chi connectivity index (χ4n) is 4.31. The highest BCUT2D eigenvalue weighted by atomic mass is 35.5. The molecule has 3 aromatic rings. The van der Waals surface area contributed by atoms with Crippen LogP contribution in [0.5, 0.6) is 0 Å². The molecule has 0 spiro atoms. The number of carbonyl (C=O) groups is 1. The number of hydrogen-bond donors (Lipinski definition) is 2. The van der Waals surface area contributed by atoms with Crippen LogP contribution in [-0.4, -0.2) is 11.0 Å². The molecule has 32 heavy (non-hydrogen) atoms. The minimum Gasteiger partial charge on any atom is -0.323 e. The zero-order valence-electron chi connectivity index (χ0n) is 18.2. The Morgan fingerprint density at radius 3 is 2.66 bits per heavy atom. The first kappa shape index (κ1) is 22.7. The van der Waals surface area contributed by atoms with E-state index in [0.29, 0.717) is 27.1 Å². The Morgan fingerprint density at radius 1 is 1.22 bits per heavy atom. The van der Waals surface area contributed by atoms with E-state index in [1.54, 1.807) is 29.5 Å². The quantitative estimate of drug-likeness (QED) is 0.399. The third kappa shape index (κ3) is 4.38. The van der Waals surface area contributed by atoms with E-state index in [1.165, 1.54) is 4.88 Å². The van der Waals surface area contributed by atoms with Crippen LogP contribution in [0.2, 0.25) is 5.02 Å². The molecular weight excluding hydrogens is 458 g/mol. The van der Waals surface area contributed by atoms with Crippen molar-refractivity contribution in [2.75, 3.05) is 5.32 Å². The van der Waals surface area contributed by atoms with Crippen molar-refractivity contribution in [1.29, 1.82) is 5.26 Å². The summed E-state index contributed by atoms with van der Waals surface area (Å²) in [5, 5.41) is 18.7. The number of amides is 1. The number of thiophene rings is 1. The maximum Gasteiger partial charge on any atom is 0.258 e. The summed E-state index contributed by atoms with van der Waals surface area (Å²) in [4.78, 5) is 14.2. The van der Waals surface area contributed by atoms with Crippen molar-refractivity contribution in [3.05, 3.63) is 63.0 Å². The van der Waals surface area contributed by atoms with Crippen LogP contribution in [0.15, 0.2) is 36.4 Å². The summed E-state index contributed by atoms with van der Waals surface area (Å²) in [6.45, 7) is 6.81. The molecule has 7 heteroatoms. The van der Waals surface area contributed by atoms with Gasteiger partial charge in [0.1, 0.15) is 11.1 Å². The van der Waals surface area contributed by atoms with Gasteiger partial charge in [0.05, 0.1) is 5.56 Å². The Morgan fingerprint density at radius 2 is 1.94 bits per heavy atom. The van der Waals surface area contributed by atoms with Crippen LogP contribution in [0.3, 0.4) is 0 Å². The van der Waals surface area contributed by atoms with Gasteiger partial charge in [0.25, 0.3) is 5.91 Å². The van der Waals surface area contributed by atoms with Crippen molar-refractivity contribution in [2.45, 2.75) is 40.0 Å². The molecule has 2 aromatic carbocycles. The van der Waals surface area contributed by atoms with Crippen LogP contribution in [0.1, 0.15) is 53.6 Å². The van der Waals surface area contributed by atoms with Gasteiger partial charge >= 0.3 is 0 Å². The second-order valence-electron chi connectivity index (χ2n) is 9.17. The van der Waals surface area contributed by atoms with Gasteiger partial charge in [-0.3, -0.25) is 10.1 Å². The summed E-state index contributed by atoms with van der Waals surface area (Å²) in [6, 6.07) is 13.2. The highest BCUT2D eigenvalue weighted by molar-refractivity contribution is 7.80. The third-order valence-electron chi connectivity index (χ3n) is 6.17. The van der Waals surface area contributed by atoms with Crippen LogP contribution >= 0.6 is 35.2 Å². The lowest BCUT2D eigenvalue weighted by Crippen LogP contribution is -2.34. The highest BCUT2D eigenvalue weighted by Gasteiger charge is 2.32. The first-order valence-corrected chi connectivity index (χ1v) is 12.1. The average molecular weight is 482 g/mol. The molecule has 4 rings (SSSR count). The molecule has 0 saturated carbocycles. The molecule has 4 nitrogen and oxygen atoms in total. The number of nitrogens with one attached hydrogen (secondary N) is 2. The molecule has 2 N–H and O–H groups in total. The second kappa shape index (κ2) is 8.82. The number of nitriles is 1. The zero-order valence-corrected chi connectivity index (χ0v) is 20.6. The van der Waals surface area contributed by atoms with E-state index in [1.807, 2.05) is 18.2 Å². The lowest BCUT2D eigenvalue weighted by Gasteiger charge is -2.33. The summed E-state index contributed by atoms with van der Waals surface area (Å²) in [5.74, 6) is 0.265. The van der Waals surface area contributed by atoms with E-state index in [0.717, 1.165) is 35.6 Å². The largest absolute Gasteiger partial charge is 0.323 e. The fraction of sp³-hybridized carbons (Fsp3) is 0.320. The van der Waals surface area contributed by atoms with Crippen LogP contribution in [0.25, 0.3) is 10.8 Å². The van der Waals surface area contributed by atoms with Gasteiger partial charge in [-0.2, -0.15) is 5.26 Å². The fourth-order valence-corrected chi connectivity index (χ4v) is 6.09. The summed E-state index contributed by atoms with van der Waals surface area (Å²) in [6.07, 6.45) is 2.94. The molecule has 1 unspecified atom stereocenters. The number of thiocarbonyl (C=S) groups is 1. The van der Waals surface area contributed by atoms with E-state index >= 15 is 0 Å². The van der Waals surface area contributed by atoms with Crippen molar-refractivity contribution in [3.63, 3.8) is 0 Å². The summed E-state index contributed by atoms with van der Waals surface area (Å²) in [5.41, 5.74) is 2.49. The predicted octanol–water partition coefficient (Wildman–Crippen LogP) is 6.70. The predicted molar refractivity (Wildman–Crippen MR) is 137 cm³/mol. The van der Waals surface area contributed by atoms with Gasteiger partial charge < -0.3 is 5.32 Å². The van der Waals surface area contributed by atoms with Gasteiger partial charge in [0.2, 0.25) is 0 Å². The Hall–Kier alpha value is -2.46. The van der Waals surface area contributed by atoms with Crippen molar-refractivity contribution >= 4 is 61.9 Å². The minimum atomic E-state index is -0.317. The molecule has 1 heterocycles. The molecule has 1 aliphatic rings. The summed E-state index contributed by atoms with van der Waals surface area (Å²) < 4.78 is 0. The summed E-state index contributed by atoms with van der Waals surface area (Å²) >= 11 is 13.3. The number of halogens is 1. The topological polar surface area (TPSA) is 64.9 Å². The molecule has 0 saturated heterocycles. The smallest absolute Gasteiger partial charge is 0.258 e. The van der Waals surface area contributed by atoms with Crippen LogP contribution < -0.4 is 10.6 Å². The van der Waals surface area contributed by atoms with Crippen molar-refractivity contribution in [1.82, 2.24) is 5.32 Å².